The molecule has 0 fully saturated rings. The van der Waals surface area contributed by atoms with Crippen LogP contribution in [0.3, 0.4) is 0 Å². The minimum atomic E-state index is -0.0819. The van der Waals surface area contributed by atoms with Gasteiger partial charge in [0.05, 0.1) is 0 Å². The molecule has 0 aliphatic heterocycles. The molecule has 0 N–H and O–H groups in total. The van der Waals surface area contributed by atoms with Gasteiger partial charge in [0.2, 0.25) is 0 Å². The zero-order chi connectivity index (χ0) is 36.9. The third kappa shape index (κ3) is 5.55. The molecule has 0 bridgehead atoms. The third-order valence-electron chi connectivity index (χ3n) is 11.2. The number of hydrogen-bond acceptors (Lipinski definition) is 3. The summed E-state index contributed by atoms with van der Waals surface area (Å²) in [6.45, 7) is 4.68. The number of aromatic nitrogens is 3. The first-order valence-electron chi connectivity index (χ1n) is 18.9. The van der Waals surface area contributed by atoms with Gasteiger partial charge in [-0.15, -0.1) is 0 Å². The molecule has 0 amide bonds. The second kappa shape index (κ2) is 13.2. The lowest BCUT2D eigenvalue weighted by molar-refractivity contribution is 0.660. The van der Waals surface area contributed by atoms with E-state index < -0.39 is 0 Å². The van der Waals surface area contributed by atoms with Crippen LogP contribution in [0.1, 0.15) is 25.0 Å². The number of hydrogen-bond donors (Lipinski definition) is 0. The smallest absolute Gasteiger partial charge is 0.164 e. The zero-order valence-electron chi connectivity index (χ0n) is 30.7. The number of fused-ring (bicyclic) bond motifs is 4. The lowest BCUT2D eigenvalue weighted by Gasteiger charge is -2.22. The summed E-state index contributed by atoms with van der Waals surface area (Å²) >= 11 is 0. The topological polar surface area (TPSA) is 38.7 Å². The molecule has 1 aromatic heterocycles. The van der Waals surface area contributed by atoms with Crippen LogP contribution in [0, 0.1) is 0 Å². The fraction of sp³-hybridized carbons (Fsp3) is 0.0577. The molecule has 0 saturated heterocycles. The fourth-order valence-corrected chi connectivity index (χ4v) is 8.45. The molecule has 0 saturated carbocycles. The van der Waals surface area contributed by atoms with Gasteiger partial charge in [-0.3, -0.25) is 0 Å². The summed E-state index contributed by atoms with van der Waals surface area (Å²) in [6.07, 6.45) is 0. The highest BCUT2D eigenvalue weighted by Gasteiger charge is 2.35. The summed E-state index contributed by atoms with van der Waals surface area (Å²) in [5.41, 5.74) is 15.0. The normalized spacial score (nSPS) is 12.7. The van der Waals surface area contributed by atoms with E-state index >= 15 is 0 Å². The van der Waals surface area contributed by atoms with E-state index in [-0.39, 0.29) is 5.41 Å². The van der Waals surface area contributed by atoms with E-state index in [9.17, 15) is 0 Å². The first kappa shape index (κ1) is 32.7. The predicted octanol–water partition coefficient (Wildman–Crippen LogP) is 13.3. The fourth-order valence-electron chi connectivity index (χ4n) is 8.45. The highest BCUT2D eigenvalue weighted by atomic mass is 15.0. The lowest BCUT2D eigenvalue weighted by Crippen LogP contribution is -2.14. The van der Waals surface area contributed by atoms with Crippen LogP contribution in [0.25, 0.3) is 89.4 Å². The summed E-state index contributed by atoms with van der Waals surface area (Å²) in [5, 5.41) is 2.25. The van der Waals surface area contributed by atoms with E-state index in [2.05, 4.69) is 190 Å². The molecule has 1 aliphatic carbocycles. The van der Waals surface area contributed by atoms with Gasteiger partial charge >= 0.3 is 0 Å². The van der Waals surface area contributed by atoms with Gasteiger partial charge < -0.3 is 0 Å². The molecule has 10 rings (SSSR count). The molecule has 1 aliphatic rings. The highest BCUT2D eigenvalue weighted by Crippen LogP contribution is 2.50. The van der Waals surface area contributed by atoms with Gasteiger partial charge in [0.1, 0.15) is 0 Å². The molecular weight excluding hydrogens is 667 g/mol. The molecule has 3 heteroatoms. The Hall–Kier alpha value is -6.97. The molecule has 0 radical (unpaired) electrons. The maximum atomic E-state index is 5.31. The van der Waals surface area contributed by atoms with Crippen molar-refractivity contribution in [2.75, 3.05) is 0 Å². The van der Waals surface area contributed by atoms with Gasteiger partial charge in [0.25, 0.3) is 0 Å². The molecule has 1 heterocycles. The zero-order valence-corrected chi connectivity index (χ0v) is 30.7. The second-order valence-electron chi connectivity index (χ2n) is 14.8. The van der Waals surface area contributed by atoms with Crippen molar-refractivity contribution in [3.63, 3.8) is 0 Å². The van der Waals surface area contributed by atoms with Crippen molar-refractivity contribution in [1.29, 1.82) is 0 Å². The van der Waals surface area contributed by atoms with E-state index in [1.807, 2.05) is 12.1 Å². The SMILES string of the molecule is CC1(C)c2ccccc2-c2ccc(-c3ccc(-c4nc(-c5ccccc5-c5ccccc5)nc(-c5ccccc5-c5ccccc5)n4)c4ccccc34)cc21. The van der Waals surface area contributed by atoms with Crippen LogP contribution in [0.2, 0.25) is 0 Å². The molecule has 3 nitrogen and oxygen atoms in total. The van der Waals surface area contributed by atoms with E-state index in [4.69, 9.17) is 15.0 Å². The maximum Gasteiger partial charge on any atom is 0.164 e. The van der Waals surface area contributed by atoms with E-state index in [0.717, 1.165) is 49.7 Å². The standard InChI is InChI=1S/C52H37N3/c1-52(2)47-28-16-15-25-42(47)43-30-29-36(33-48(43)52)39-31-32-46(41-24-12-11-23-40(39)41)51-54-49(44-26-13-9-21-37(44)34-17-5-3-6-18-34)53-50(55-51)45-27-14-10-22-38(45)35-19-7-4-8-20-35/h3-33H,1-2H3. The molecule has 0 unspecified atom stereocenters. The van der Waals surface area contributed by atoms with Crippen molar-refractivity contribution in [3.05, 3.63) is 199 Å². The summed E-state index contributed by atoms with van der Waals surface area (Å²) in [4.78, 5) is 15.9. The van der Waals surface area contributed by atoms with Crippen molar-refractivity contribution in [3.8, 4) is 78.7 Å². The van der Waals surface area contributed by atoms with Gasteiger partial charge in [-0.05, 0) is 78.5 Å². The number of rotatable bonds is 6. The van der Waals surface area contributed by atoms with Crippen LogP contribution in [-0.2, 0) is 5.41 Å². The predicted molar refractivity (Wildman–Crippen MR) is 228 cm³/mol. The van der Waals surface area contributed by atoms with Crippen LogP contribution >= 0.6 is 0 Å². The Morgan fingerprint density at radius 3 is 1.27 bits per heavy atom. The Labute approximate surface area is 321 Å². The van der Waals surface area contributed by atoms with Crippen LogP contribution in [0.4, 0.5) is 0 Å². The van der Waals surface area contributed by atoms with Gasteiger partial charge in [-0.25, -0.2) is 15.0 Å². The van der Waals surface area contributed by atoms with Crippen LogP contribution in [0.5, 0.6) is 0 Å². The van der Waals surface area contributed by atoms with Gasteiger partial charge in [-0.2, -0.15) is 0 Å². The van der Waals surface area contributed by atoms with Crippen LogP contribution in [0.15, 0.2) is 188 Å². The average Bonchev–Trinajstić information content (AvgIpc) is 3.49. The molecule has 55 heavy (non-hydrogen) atoms. The summed E-state index contributed by atoms with van der Waals surface area (Å²) in [5.74, 6) is 1.91. The Morgan fingerprint density at radius 1 is 0.291 bits per heavy atom. The van der Waals surface area contributed by atoms with Gasteiger partial charge in [0.15, 0.2) is 17.5 Å². The average molecular weight is 704 g/mol. The first-order valence-corrected chi connectivity index (χ1v) is 18.9. The second-order valence-corrected chi connectivity index (χ2v) is 14.8. The summed E-state index contributed by atoms with van der Waals surface area (Å²) in [6, 6.07) is 66.6. The highest BCUT2D eigenvalue weighted by molar-refractivity contribution is 6.05. The van der Waals surface area contributed by atoms with E-state index in [1.54, 1.807) is 0 Å². The molecule has 0 atom stereocenters. The Balaban J connectivity index is 1.18. The lowest BCUT2D eigenvalue weighted by atomic mass is 9.81. The monoisotopic (exact) mass is 703 g/mol. The minimum Gasteiger partial charge on any atom is -0.208 e. The van der Waals surface area contributed by atoms with Crippen LogP contribution in [-0.4, -0.2) is 15.0 Å². The summed E-state index contributed by atoms with van der Waals surface area (Å²) < 4.78 is 0. The van der Waals surface area contributed by atoms with Gasteiger partial charge in [-0.1, -0.05) is 190 Å². The van der Waals surface area contributed by atoms with Gasteiger partial charge in [0, 0.05) is 22.1 Å². The maximum absolute atomic E-state index is 5.31. The molecule has 9 aromatic rings. The van der Waals surface area contributed by atoms with Crippen LogP contribution < -0.4 is 0 Å². The van der Waals surface area contributed by atoms with E-state index in [0.29, 0.717) is 17.5 Å². The quantitative estimate of drug-likeness (QED) is 0.173. The number of benzene rings is 8. The Kier molecular flexibility index (Phi) is 7.81. The Bertz CT molecular complexity index is 2790. The summed E-state index contributed by atoms with van der Waals surface area (Å²) in [7, 11) is 0. The van der Waals surface area contributed by atoms with Crippen molar-refractivity contribution in [2.24, 2.45) is 0 Å². The third-order valence-corrected chi connectivity index (χ3v) is 11.2. The van der Waals surface area contributed by atoms with E-state index in [1.165, 1.54) is 33.4 Å². The number of nitrogens with zero attached hydrogens (tertiary/aromatic N) is 3. The molecule has 0 spiro atoms. The van der Waals surface area contributed by atoms with Crippen molar-refractivity contribution >= 4 is 10.8 Å². The molecular formula is C52H37N3. The first-order chi connectivity index (χ1) is 27.0. The molecule has 260 valence electrons. The largest absolute Gasteiger partial charge is 0.208 e. The minimum absolute atomic E-state index is 0.0819. The van der Waals surface area contributed by atoms with Crippen molar-refractivity contribution < 1.29 is 0 Å². The van der Waals surface area contributed by atoms with Crippen molar-refractivity contribution in [2.45, 2.75) is 19.3 Å². The molecule has 8 aromatic carbocycles. The van der Waals surface area contributed by atoms with Crippen molar-refractivity contribution in [1.82, 2.24) is 15.0 Å². The Morgan fingerprint density at radius 2 is 0.691 bits per heavy atom.